The summed E-state index contributed by atoms with van der Waals surface area (Å²) in [4.78, 5) is 0. The van der Waals surface area contributed by atoms with E-state index >= 15 is 0 Å². The highest BCUT2D eigenvalue weighted by Gasteiger charge is 2.44. The van der Waals surface area contributed by atoms with E-state index in [4.69, 9.17) is 10.5 Å². The summed E-state index contributed by atoms with van der Waals surface area (Å²) in [6.45, 7) is 8.80. The van der Waals surface area contributed by atoms with Crippen molar-refractivity contribution in [2.45, 2.75) is 58.5 Å². The average Bonchev–Trinajstić information content (AvgIpc) is 2.61. The summed E-state index contributed by atoms with van der Waals surface area (Å²) in [7, 11) is 0. The van der Waals surface area contributed by atoms with E-state index < -0.39 is 0 Å². The molecule has 1 aliphatic carbocycles. The first-order valence-corrected chi connectivity index (χ1v) is 6.79. The molecule has 0 radical (unpaired) electrons. The van der Waals surface area contributed by atoms with Crippen LogP contribution in [0.25, 0.3) is 0 Å². The third-order valence-electron chi connectivity index (χ3n) is 4.74. The van der Waals surface area contributed by atoms with E-state index in [2.05, 4.69) is 20.8 Å². The minimum absolute atomic E-state index is 0.214. The lowest BCUT2D eigenvalue weighted by Crippen LogP contribution is -2.37. The number of hydrogen-bond acceptors (Lipinski definition) is 2. The summed E-state index contributed by atoms with van der Waals surface area (Å²) < 4.78 is 6.07. The molecule has 16 heavy (non-hydrogen) atoms. The molecular formula is C14H27NO. The van der Waals surface area contributed by atoms with Gasteiger partial charge in [-0.25, -0.2) is 0 Å². The molecule has 2 fully saturated rings. The van der Waals surface area contributed by atoms with Crippen LogP contribution in [-0.2, 0) is 4.74 Å². The third kappa shape index (κ3) is 2.43. The van der Waals surface area contributed by atoms with Crippen LogP contribution in [0.1, 0.15) is 52.9 Å². The highest BCUT2D eigenvalue weighted by atomic mass is 16.5. The summed E-state index contributed by atoms with van der Waals surface area (Å²) >= 11 is 0. The molecule has 94 valence electrons. The van der Waals surface area contributed by atoms with Crippen molar-refractivity contribution in [1.29, 1.82) is 0 Å². The lowest BCUT2D eigenvalue weighted by atomic mass is 9.67. The predicted molar refractivity (Wildman–Crippen MR) is 67.3 cm³/mol. The highest BCUT2D eigenvalue weighted by Crippen LogP contribution is 2.47. The monoisotopic (exact) mass is 225 g/mol. The molecule has 1 saturated heterocycles. The quantitative estimate of drug-likeness (QED) is 0.744. The lowest BCUT2D eigenvalue weighted by molar-refractivity contribution is -0.0465. The van der Waals surface area contributed by atoms with Crippen molar-refractivity contribution in [3.05, 3.63) is 0 Å². The van der Waals surface area contributed by atoms with E-state index in [-0.39, 0.29) is 5.60 Å². The third-order valence-corrected chi connectivity index (χ3v) is 4.74. The van der Waals surface area contributed by atoms with Crippen LogP contribution in [0.3, 0.4) is 0 Å². The van der Waals surface area contributed by atoms with Crippen molar-refractivity contribution in [3.63, 3.8) is 0 Å². The van der Waals surface area contributed by atoms with E-state index in [9.17, 15) is 0 Å². The van der Waals surface area contributed by atoms with Crippen LogP contribution in [0.4, 0.5) is 0 Å². The first-order chi connectivity index (χ1) is 7.45. The molecule has 1 unspecified atom stereocenters. The van der Waals surface area contributed by atoms with Gasteiger partial charge in [-0.2, -0.15) is 0 Å². The zero-order valence-electron chi connectivity index (χ0n) is 11.1. The Balaban J connectivity index is 1.90. The van der Waals surface area contributed by atoms with Gasteiger partial charge in [0.05, 0.1) is 12.2 Å². The molecule has 1 atom stereocenters. The van der Waals surface area contributed by atoms with Gasteiger partial charge in [-0.15, -0.1) is 0 Å². The van der Waals surface area contributed by atoms with Gasteiger partial charge >= 0.3 is 0 Å². The summed E-state index contributed by atoms with van der Waals surface area (Å²) in [5.74, 6) is 1.49. The normalized spacial score (nSPS) is 40.5. The van der Waals surface area contributed by atoms with Crippen LogP contribution in [0.2, 0.25) is 0 Å². The van der Waals surface area contributed by atoms with Gasteiger partial charge in [-0.3, -0.25) is 0 Å². The van der Waals surface area contributed by atoms with E-state index in [0.717, 1.165) is 19.1 Å². The van der Waals surface area contributed by atoms with Crippen molar-refractivity contribution in [2.24, 2.45) is 23.0 Å². The maximum absolute atomic E-state index is 6.07. The zero-order valence-corrected chi connectivity index (χ0v) is 11.1. The number of ether oxygens (including phenoxy) is 1. The maximum atomic E-state index is 6.07. The van der Waals surface area contributed by atoms with Gasteiger partial charge in [0.1, 0.15) is 0 Å². The fraction of sp³-hybridized carbons (Fsp3) is 1.00. The van der Waals surface area contributed by atoms with Gasteiger partial charge in [-0.05, 0) is 55.9 Å². The Labute approximate surface area is 99.9 Å². The fourth-order valence-electron chi connectivity index (χ4n) is 3.45. The van der Waals surface area contributed by atoms with Crippen molar-refractivity contribution in [3.8, 4) is 0 Å². The first-order valence-electron chi connectivity index (χ1n) is 6.79. The maximum Gasteiger partial charge on any atom is 0.0686 e. The summed E-state index contributed by atoms with van der Waals surface area (Å²) in [5, 5.41) is 0. The first kappa shape index (κ1) is 12.4. The minimum atomic E-state index is 0.214. The molecule has 0 aromatic rings. The van der Waals surface area contributed by atoms with Gasteiger partial charge < -0.3 is 10.5 Å². The molecule has 2 N–H and O–H groups in total. The Morgan fingerprint density at radius 2 is 1.88 bits per heavy atom. The Morgan fingerprint density at radius 3 is 2.31 bits per heavy atom. The average molecular weight is 225 g/mol. The molecule has 2 aliphatic rings. The molecule has 0 bridgehead atoms. The van der Waals surface area contributed by atoms with E-state index in [1.807, 2.05) is 0 Å². The predicted octanol–water partition coefficient (Wildman–Crippen LogP) is 2.96. The van der Waals surface area contributed by atoms with Gasteiger partial charge in [0.15, 0.2) is 0 Å². The van der Waals surface area contributed by atoms with Crippen molar-refractivity contribution >= 4 is 0 Å². The Morgan fingerprint density at radius 1 is 1.25 bits per heavy atom. The molecular weight excluding hydrogens is 198 g/mol. The van der Waals surface area contributed by atoms with Crippen molar-refractivity contribution in [2.75, 3.05) is 13.2 Å². The molecule has 0 aromatic carbocycles. The highest BCUT2D eigenvalue weighted by molar-refractivity contribution is 4.95. The molecule has 2 nitrogen and oxygen atoms in total. The molecule has 0 aromatic heterocycles. The van der Waals surface area contributed by atoms with Crippen LogP contribution in [-0.4, -0.2) is 18.8 Å². The molecule has 0 amide bonds. The molecule has 1 heterocycles. The van der Waals surface area contributed by atoms with Gasteiger partial charge in [0.2, 0.25) is 0 Å². The largest absolute Gasteiger partial charge is 0.375 e. The van der Waals surface area contributed by atoms with Gasteiger partial charge in [0, 0.05) is 0 Å². The summed E-state index contributed by atoms with van der Waals surface area (Å²) in [5.41, 5.74) is 6.42. The second-order valence-corrected chi connectivity index (χ2v) is 6.94. The van der Waals surface area contributed by atoms with Crippen LogP contribution >= 0.6 is 0 Å². The minimum Gasteiger partial charge on any atom is -0.375 e. The number of nitrogens with two attached hydrogens (primary N) is 1. The number of rotatable bonds is 1. The standard InChI is InChI=1S/C14H27NO/c1-13(2,3)12-4-6-14(7-5-12)8-11(9-15)10-16-14/h11-12H,4-10,15H2,1-3H3. The molecule has 1 spiro atoms. The molecule has 2 rings (SSSR count). The van der Waals surface area contributed by atoms with Crippen molar-refractivity contribution in [1.82, 2.24) is 0 Å². The Kier molecular flexibility index (Phi) is 3.33. The van der Waals surface area contributed by atoms with E-state index in [0.29, 0.717) is 11.3 Å². The SMILES string of the molecule is CC(C)(C)C1CCC2(CC1)CC(CN)CO2. The smallest absolute Gasteiger partial charge is 0.0686 e. The summed E-state index contributed by atoms with van der Waals surface area (Å²) in [6, 6.07) is 0. The van der Waals surface area contributed by atoms with Gasteiger partial charge in [0.25, 0.3) is 0 Å². The lowest BCUT2D eigenvalue weighted by Gasteiger charge is -2.41. The van der Waals surface area contributed by atoms with Crippen LogP contribution < -0.4 is 5.73 Å². The zero-order chi connectivity index (χ0) is 11.8. The fourth-order valence-corrected chi connectivity index (χ4v) is 3.45. The Hall–Kier alpha value is -0.0800. The van der Waals surface area contributed by atoms with Crippen LogP contribution in [0.5, 0.6) is 0 Å². The topological polar surface area (TPSA) is 35.2 Å². The molecule has 1 saturated carbocycles. The molecule has 2 heteroatoms. The second-order valence-electron chi connectivity index (χ2n) is 6.94. The van der Waals surface area contributed by atoms with Crippen molar-refractivity contribution < 1.29 is 4.74 Å². The Bertz CT molecular complexity index is 236. The van der Waals surface area contributed by atoms with E-state index in [1.54, 1.807) is 0 Å². The van der Waals surface area contributed by atoms with Crippen LogP contribution in [0.15, 0.2) is 0 Å². The van der Waals surface area contributed by atoms with Gasteiger partial charge in [-0.1, -0.05) is 20.8 Å². The van der Waals surface area contributed by atoms with E-state index in [1.165, 1.54) is 32.1 Å². The number of hydrogen-bond donors (Lipinski definition) is 1. The molecule has 1 aliphatic heterocycles. The van der Waals surface area contributed by atoms with Crippen LogP contribution in [0, 0.1) is 17.3 Å². The summed E-state index contributed by atoms with van der Waals surface area (Å²) in [6.07, 6.45) is 6.39. The second kappa shape index (κ2) is 4.30.